The molecule has 3 nitrogen and oxygen atoms in total. The first-order valence-corrected chi connectivity index (χ1v) is 6.61. The number of hydrogen-bond acceptors (Lipinski definition) is 2. The van der Waals surface area contributed by atoms with E-state index in [9.17, 15) is 4.79 Å². The summed E-state index contributed by atoms with van der Waals surface area (Å²) in [6, 6.07) is 0.293. The molecule has 1 fully saturated rings. The molecule has 0 heterocycles. The van der Waals surface area contributed by atoms with Crippen LogP contribution in [0.1, 0.15) is 53.9 Å². The lowest BCUT2D eigenvalue weighted by Crippen LogP contribution is -2.46. The van der Waals surface area contributed by atoms with E-state index in [1.165, 1.54) is 6.42 Å². The van der Waals surface area contributed by atoms with Gasteiger partial charge in [-0.3, -0.25) is 4.79 Å². The predicted octanol–water partition coefficient (Wildman–Crippen LogP) is 2.74. The molecule has 0 spiro atoms. The van der Waals surface area contributed by atoms with Crippen LogP contribution < -0.4 is 5.32 Å². The smallest absolute Gasteiger partial charge is 0.246 e. The fourth-order valence-corrected chi connectivity index (χ4v) is 3.41. The average Bonchev–Trinajstić information content (AvgIpc) is 2.09. The van der Waals surface area contributed by atoms with Crippen molar-refractivity contribution >= 4 is 5.91 Å². The lowest BCUT2D eigenvalue weighted by molar-refractivity contribution is -0.127. The van der Waals surface area contributed by atoms with Crippen LogP contribution in [-0.2, 0) is 9.53 Å². The molecule has 1 aliphatic rings. The molecule has 0 aromatic carbocycles. The van der Waals surface area contributed by atoms with Crippen LogP contribution in [0.4, 0.5) is 0 Å². The van der Waals surface area contributed by atoms with Crippen LogP contribution in [0, 0.1) is 10.8 Å². The number of carbonyl (C=O) groups is 1. The SMILES string of the molecule is CCOCC(=O)NC1CC(C)(C)CC(C)(C)C1. The topological polar surface area (TPSA) is 38.3 Å². The van der Waals surface area contributed by atoms with Gasteiger partial charge < -0.3 is 10.1 Å². The third-order valence-corrected chi connectivity index (χ3v) is 3.36. The van der Waals surface area contributed by atoms with Crippen molar-refractivity contribution in [2.75, 3.05) is 13.2 Å². The van der Waals surface area contributed by atoms with Crippen LogP contribution >= 0.6 is 0 Å². The van der Waals surface area contributed by atoms with E-state index in [0.717, 1.165) is 12.8 Å². The van der Waals surface area contributed by atoms with Crippen molar-refractivity contribution in [1.82, 2.24) is 5.32 Å². The zero-order valence-electron chi connectivity index (χ0n) is 11.9. The zero-order chi connectivity index (χ0) is 13.1. The number of ether oxygens (including phenoxy) is 1. The standard InChI is InChI=1S/C14H27NO2/c1-6-17-9-12(16)15-11-7-13(2,3)10-14(4,5)8-11/h11H,6-10H2,1-5H3,(H,15,16). The fourth-order valence-electron chi connectivity index (χ4n) is 3.41. The number of hydrogen-bond donors (Lipinski definition) is 1. The minimum Gasteiger partial charge on any atom is -0.372 e. The summed E-state index contributed by atoms with van der Waals surface area (Å²) in [5.41, 5.74) is 0.622. The summed E-state index contributed by atoms with van der Waals surface area (Å²) in [4.78, 5) is 11.7. The first-order chi connectivity index (χ1) is 7.74. The lowest BCUT2D eigenvalue weighted by Gasteiger charge is -2.45. The Morgan fingerprint density at radius 1 is 1.24 bits per heavy atom. The molecule has 17 heavy (non-hydrogen) atoms. The third kappa shape index (κ3) is 5.07. The maximum absolute atomic E-state index is 11.7. The van der Waals surface area contributed by atoms with Crippen molar-refractivity contribution < 1.29 is 9.53 Å². The highest BCUT2D eigenvalue weighted by atomic mass is 16.5. The highest BCUT2D eigenvalue weighted by Gasteiger charge is 2.38. The summed E-state index contributed by atoms with van der Waals surface area (Å²) >= 11 is 0. The highest BCUT2D eigenvalue weighted by Crippen LogP contribution is 2.45. The van der Waals surface area contributed by atoms with E-state index in [1.54, 1.807) is 0 Å². The van der Waals surface area contributed by atoms with Gasteiger partial charge in [-0.25, -0.2) is 0 Å². The minimum absolute atomic E-state index is 0.0188. The van der Waals surface area contributed by atoms with Crippen molar-refractivity contribution in [1.29, 1.82) is 0 Å². The van der Waals surface area contributed by atoms with Crippen LogP contribution in [0.3, 0.4) is 0 Å². The van der Waals surface area contributed by atoms with Gasteiger partial charge in [0.15, 0.2) is 0 Å². The van der Waals surface area contributed by atoms with Crippen LogP contribution in [0.15, 0.2) is 0 Å². The first-order valence-electron chi connectivity index (χ1n) is 6.61. The molecular weight excluding hydrogens is 214 g/mol. The van der Waals surface area contributed by atoms with Gasteiger partial charge in [0.2, 0.25) is 5.91 Å². The van der Waals surface area contributed by atoms with Gasteiger partial charge in [0, 0.05) is 12.6 Å². The molecule has 0 bridgehead atoms. The van der Waals surface area contributed by atoms with Gasteiger partial charge in [0.1, 0.15) is 6.61 Å². The Bertz CT molecular complexity index is 255. The molecule has 0 aromatic rings. The molecule has 1 aliphatic carbocycles. The van der Waals surface area contributed by atoms with Gasteiger partial charge in [-0.05, 0) is 37.0 Å². The number of nitrogens with one attached hydrogen (secondary N) is 1. The summed E-state index contributed by atoms with van der Waals surface area (Å²) in [7, 11) is 0. The lowest BCUT2D eigenvalue weighted by atomic mass is 9.63. The highest BCUT2D eigenvalue weighted by molar-refractivity contribution is 5.77. The second kappa shape index (κ2) is 5.38. The van der Waals surface area contributed by atoms with E-state index >= 15 is 0 Å². The van der Waals surface area contributed by atoms with E-state index < -0.39 is 0 Å². The van der Waals surface area contributed by atoms with E-state index in [2.05, 4.69) is 33.0 Å². The van der Waals surface area contributed by atoms with Gasteiger partial charge in [0.05, 0.1) is 0 Å². The van der Waals surface area contributed by atoms with Crippen molar-refractivity contribution in [3.05, 3.63) is 0 Å². The maximum Gasteiger partial charge on any atom is 0.246 e. The van der Waals surface area contributed by atoms with E-state index in [4.69, 9.17) is 4.74 Å². The molecule has 3 heteroatoms. The average molecular weight is 241 g/mol. The van der Waals surface area contributed by atoms with Crippen molar-refractivity contribution in [2.45, 2.75) is 59.9 Å². The largest absolute Gasteiger partial charge is 0.372 e. The second-order valence-corrected chi connectivity index (χ2v) is 6.82. The van der Waals surface area contributed by atoms with Crippen LogP contribution in [0.5, 0.6) is 0 Å². The Hall–Kier alpha value is -0.570. The predicted molar refractivity (Wildman–Crippen MR) is 69.8 cm³/mol. The third-order valence-electron chi connectivity index (χ3n) is 3.36. The Kier molecular flexibility index (Phi) is 4.59. The van der Waals surface area contributed by atoms with Crippen LogP contribution in [0.2, 0.25) is 0 Å². The number of rotatable bonds is 4. The quantitative estimate of drug-likeness (QED) is 0.822. The fraction of sp³-hybridized carbons (Fsp3) is 0.929. The minimum atomic E-state index is 0.0188. The molecule has 1 saturated carbocycles. The van der Waals surface area contributed by atoms with Crippen molar-refractivity contribution in [2.24, 2.45) is 10.8 Å². The van der Waals surface area contributed by atoms with Crippen molar-refractivity contribution in [3.8, 4) is 0 Å². The first kappa shape index (κ1) is 14.5. The molecule has 100 valence electrons. The van der Waals surface area contributed by atoms with Gasteiger partial charge in [-0.2, -0.15) is 0 Å². The molecule has 0 saturated heterocycles. The summed E-state index contributed by atoms with van der Waals surface area (Å²) in [6.07, 6.45) is 3.35. The van der Waals surface area contributed by atoms with Gasteiger partial charge in [-0.15, -0.1) is 0 Å². The van der Waals surface area contributed by atoms with E-state index in [1.807, 2.05) is 6.92 Å². The zero-order valence-corrected chi connectivity index (χ0v) is 11.9. The van der Waals surface area contributed by atoms with Crippen LogP contribution in [0.25, 0.3) is 0 Å². The second-order valence-electron chi connectivity index (χ2n) is 6.82. The van der Waals surface area contributed by atoms with Gasteiger partial charge >= 0.3 is 0 Å². The van der Waals surface area contributed by atoms with Crippen LogP contribution in [-0.4, -0.2) is 25.2 Å². The molecule has 0 radical (unpaired) electrons. The number of carbonyl (C=O) groups excluding carboxylic acids is 1. The molecule has 0 atom stereocenters. The molecule has 0 aliphatic heterocycles. The summed E-state index contributed by atoms with van der Waals surface area (Å²) in [6.45, 7) is 11.8. The number of amides is 1. The van der Waals surface area contributed by atoms with Gasteiger partial charge in [0.25, 0.3) is 0 Å². The Morgan fingerprint density at radius 2 is 1.76 bits per heavy atom. The van der Waals surface area contributed by atoms with E-state index in [0.29, 0.717) is 23.5 Å². The normalized spacial score (nSPS) is 23.4. The monoisotopic (exact) mass is 241 g/mol. The van der Waals surface area contributed by atoms with E-state index in [-0.39, 0.29) is 12.5 Å². The maximum atomic E-state index is 11.7. The summed E-state index contributed by atoms with van der Waals surface area (Å²) < 4.78 is 5.13. The Balaban J connectivity index is 2.51. The molecule has 1 amide bonds. The molecule has 0 aromatic heterocycles. The van der Waals surface area contributed by atoms with Crippen molar-refractivity contribution in [3.63, 3.8) is 0 Å². The molecule has 1 N–H and O–H groups in total. The van der Waals surface area contributed by atoms with Gasteiger partial charge in [-0.1, -0.05) is 27.7 Å². The summed E-state index contributed by atoms with van der Waals surface area (Å²) in [5, 5.41) is 3.10. The Labute approximate surface area is 105 Å². The summed E-state index contributed by atoms with van der Waals surface area (Å²) in [5.74, 6) is 0.0188. The Morgan fingerprint density at radius 3 is 2.24 bits per heavy atom. The molecule has 1 rings (SSSR count). The molecular formula is C14H27NO2. The molecule has 0 unspecified atom stereocenters.